The fraction of sp³-hybridized carbons (Fsp3) is 0.0196. The predicted octanol–water partition coefficient (Wildman–Crippen LogP) is 12.4. The van der Waals surface area contributed by atoms with Gasteiger partial charge in [0.15, 0.2) is 0 Å². The minimum Gasteiger partial charge on any atom is -0.456 e. The topological polar surface area (TPSA) is 59.8 Å². The number of nitrogens with one attached hydrogen (secondary N) is 1. The largest absolute Gasteiger partial charge is 0.456 e. The van der Waals surface area contributed by atoms with Crippen LogP contribution in [0.4, 0.5) is 0 Å². The molecular weight excluding hydrogens is 699 g/mol. The number of aliphatic imine (C=N–C) groups is 2. The first-order chi connectivity index (χ1) is 28.3. The van der Waals surface area contributed by atoms with Crippen LogP contribution in [0, 0.1) is 0 Å². The fourth-order valence-corrected chi connectivity index (χ4v) is 8.97. The Morgan fingerprint density at radius 3 is 1.81 bits per heavy atom. The van der Waals surface area contributed by atoms with Gasteiger partial charge in [-0.1, -0.05) is 152 Å². The number of rotatable bonds is 5. The van der Waals surface area contributed by atoms with Gasteiger partial charge in [-0.3, -0.25) is 4.57 Å². The minimum atomic E-state index is -0.634. The lowest BCUT2D eigenvalue weighted by molar-refractivity contribution is 0.576. The van der Waals surface area contributed by atoms with E-state index in [1.54, 1.807) is 0 Å². The number of nitrogens with zero attached hydrogens (tertiary/aromatic N) is 4. The maximum atomic E-state index is 6.35. The molecule has 268 valence electrons. The first kappa shape index (κ1) is 31.6. The van der Waals surface area contributed by atoms with Crippen LogP contribution >= 0.6 is 0 Å². The van der Waals surface area contributed by atoms with Crippen molar-refractivity contribution in [3.63, 3.8) is 0 Å². The molecule has 1 atom stereocenters. The molecule has 0 aliphatic carbocycles. The highest BCUT2D eigenvalue weighted by atomic mass is 16.3. The molecule has 1 unspecified atom stereocenters. The van der Waals surface area contributed by atoms with Crippen molar-refractivity contribution in [3.05, 3.63) is 199 Å². The van der Waals surface area contributed by atoms with E-state index >= 15 is 0 Å². The van der Waals surface area contributed by atoms with Crippen molar-refractivity contribution in [2.75, 3.05) is 0 Å². The van der Waals surface area contributed by atoms with Crippen molar-refractivity contribution in [1.82, 2.24) is 14.5 Å². The number of benzene rings is 8. The van der Waals surface area contributed by atoms with Crippen LogP contribution in [0.15, 0.2) is 202 Å². The molecule has 12 rings (SSSR count). The van der Waals surface area contributed by atoms with Crippen molar-refractivity contribution < 1.29 is 4.42 Å². The van der Waals surface area contributed by atoms with Crippen molar-refractivity contribution >= 4 is 77.2 Å². The molecule has 1 N–H and O–H groups in total. The van der Waals surface area contributed by atoms with Gasteiger partial charge in [0.25, 0.3) is 0 Å². The number of furan rings is 1. The predicted molar refractivity (Wildman–Crippen MR) is 235 cm³/mol. The number of amidine groups is 2. The zero-order valence-electron chi connectivity index (χ0n) is 30.7. The van der Waals surface area contributed by atoms with Crippen molar-refractivity contribution in [3.8, 4) is 16.8 Å². The molecule has 6 heteroatoms. The number of fused-ring (bicyclic) bond motifs is 10. The molecule has 0 amide bonds. The maximum absolute atomic E-state index is 6.35. The number of aromatic nitrogens is 2. The molecule has 57 heavy (non-hydrogen) atoms. The van der Waals surface area contributed by atoms with Crippen LogP contribution in [0.2, 0.25) is 0 Å². The average Bonchev–Trinajstić information content (AvgIpc) is 3.95. The third-order valence-corrected chi connectivity index (χ3v) is 11.4. The van der Waals surface area contributed by atoms with E-state index in [1.807, 2.05) is 24.3 Å². The minimum absolute atomic E-state index is 0.634. The second kappa shape index (κ2) is 12.4. The molecule has 1 aliphatic heterocycles. The molecule has 0 saturated carbocycles. The van der Waals surface area contributed by atoms with E-state index < -0.39 is 6.29 Å². The summed E-state index contributed by atoms with van der Waals surface area (Å²) in [6, 6.07) is 66.0. The number of para-hydroxylation sites is 4. The molecule has 8 aromatic carbocycles. The molecule has 0 radical (unpaired) electrons. The molecule has 1 aliphatic rings. The Hall–Kier alpha value is -7.70. The zero-order chi connectivity index (χ0) is 37.5. The number of hydrogen-bond acceptors (Lipinski definition) is 4. The normalized spacial score (nSPS) is 14.5. The molecule has 3 aromatic heterocycles. The van der Waals surface area contributed by atoms with Gasteiger partial charge in [-0.25, -0.2) is 9.98 Å². The van der Waals surface area contributed by atoms with Gasteiger partial charge in [-0.05, 0) is 47.5 Å². The van der Waals surface area contributed by atoms with Gasteiger partial charge in [-0.2, -0.15) is 0 Å². The average molecular weight is 732 g/mol. The highest BCUT2D eigenvalue weighted by Gasteiger charge is 2.28. The highest BCUT2D eigenvalue weighted by Crippen LogP contribution is 2.43. The van der Waals surface area contributed by atoms with E-state index in [9.17, 15) is 0 Å². The molecule has 4 heterocycles. The SMILES string of the molecule is c1ccc(C2=NC(n3c4ccccc4c4ccc5c6ccccc6n(-c6ccccc6)c5c43)N=C(c3ccccc3-c3cccc4oc5ccccc5c34)N2)cc1. The van der Waals surface area contributed by atoms with E-state index in [-0.39, 0.29) is 0 Å². The summed E-state index contributed by atoms with van der Waals surface area (Å²) in [7, 11) is 0. The lowest BCUT2D eigenvalue weighted by Crippen LogP contribution is -2.37. The van der Waals surface area contributed by atoms with Crippen molar-refractivity contribution in [2.24, 2.45) is 9.98 Å². The molecular formula is C51H33N5O. The molecule has 0 saturated heterocycles. The Labute approximate surface area is 327 Å². The van der Waals surface area contributed by atoms with E-state index in [2.05, 4.69) is 178 Å². The Balaban J connectivity index is 1.17. The van der Waals surface area contributed by atoms with Gasteiger partial charge in [0.2, 0.25) is 6.29 Å². The summed E-state index contributed by atoms with van der Waals surface area (Å²) in [5.74, 6) is 1.50. The monoisotopic (exact) mass is 731 g/mol. The Kier molecular flexibility index (Phi) is 6.89. The van der Waals surface area contributed by atoms with Gasteiger partial charge in [-0.15, -0.1) is 0 Å². The maximum Gasteiger partial charge on any atom is 0.225 e. The summed E-state index contributed by atoms with van der Waals surface area (Å²) in [5.41, 5.74) is 11.4. The first-order valence-electron chi connectivity index (χ1n) is 19.3. The Morgan fingerprint density at radius 1 is 0.421 bits per heavy atom. The molecule has 11 aromatic rings. The van der Waals surface area contributed by atoms with E-state index in [0.29, 0.717) is 0 Å². The summed E-state index contributed by atoms with van der Waals surface area (Å²) in [6.45, 7) is 0. The van der Waals surface area contributed by atoms with Crippen LogP contribution in [-0.2, 0) is 0 Å². The van der Waals surface area contributed by atoms with Crippen LogP contribution in [-0.4, -0.2) is 20.8 Å². The van der Waals surface area contributed by atoms with E-state index in [4.69, 9.17) is 14.4 Å². The van der Waals surface area contributed by atoms with Crippen LogP contribution in [0.3, 0.4) is 0 Å². The van der Waals surface area contributed by atoms with Gasteiger partial charge < -0.3 is 14.3 Å². The first-order valence-corrected chi connectivity index (χ1v) is 19.3. The second-order valence-corrected chi connectivity index (χ2v) is 14.5. The van der Waals surface area contributed by atoms with E-state index in [1.165, 1.54) is 10.8 Å². The van der Waals surface area contributed by atoms with Gasteiger partial charge in [0.1, 0.15) is 22.8 Å². The molecule has 0 bridgehead atoms. The van der Waals surface area contributed by atoms with Crippen LogP contribution in [0.1, 0.15) is 17.4 Å². The third kappa shape index (κ3) is 4.77. The third-order valence-electron chi connectivity index (χ3n) is 11.4. The Bertz CT molecular complexity index is 3440. The second-order valence-electron chi connectivity index (χ2n) is 14.5. The summed E-state index contributed by atoms with van der Waals surface area (Å²) in [6.07, 6.45) is -0.634. The lowest BCUT2D eigenvalue weighted by Gasteiger charge is -2.25. The summed E-state index contributed by atoms with van der Waals surface area (Å²) >= 11 is 0. The van der Waals surface area contributed by atoms with Crippen LogP contribution in [0.5, 0.6) is 0 Å². The van der Waals surface area contributed by atoms with Gasteiger partial charge in [0, 0.05) is 49.1 Å². The van der Waals surface area contributed by atoms with Crippen molar-refractivity contribution in [2.45, 2.75) is 6.29 Å². The summed E-state index contributed by atoms with van der Waals surface area (Å²) in [5, 5.41) is 10.6. The molecule has 0 spiro atoms. The summed E-state index contributed by atoms with van der Waals surface area (Å²) < 4.78 is 11.1. The fourth-order valence-electron chi connectivity index (χ4n) is 8.97. The Morgan fingerprint density at radius 2 is 1.00 bits per heavy atom. The van der Waals surface area contributed by atoms with E-state index in [0.717, 1.165) is 94.4 Å². The molecule has 0 fully saturated rings. The zero-order valence-corrected chi connectivity index (χ0v) is 30.7. The summed E-state index contributed by atoms with van der Waals surface area (Å²) in [4.78, 5) is 11.1. The smallest absolute Gasteiger partial charge is 0.225 e. The van der Waals surface area contributed by atoms with Crippen molar-refractivity contribution in [1.29, 1.82) is 0 Å². The molecule has 6 nitrogen and oxygen atoms in total. The number of hydrogen-bond donors (Lipinski definition) is 1. The quantitative estimate of drug-likeness (QED) is 0.192. The van der Waals surface area contributed by atoms with Gasteiger partial charge in [0.05, 0.1) is 22.1 Å². The highest BCUT2D eigenvalue weighted by molar-refractivity contribution is 6.24. The lowest BCUT2D eigenvalue weighted by atomic mass is 9.94. The van der Waals surface area contributed by atoms with Gasteiger partial charge >= 0.3 is 0 Å². The van der Waals surface area contributed by atoms with Crippen LogP contribution < -0.4 is 5.32 Å². The van der Waals surface area contributed by atoms with Crippen LogP contribution in [0.25, 0.3) is 82.4 Å². The standard InChI is InChI=1S/C51H33N5O/c1-3-16-32(17-4-1)49-52-50(40-23-8-7-20-34(40)37-25-15-29-45-46(37)41-24-11-14-28-44(41)57-45)54-51(53-49)56-43-27-13-10-22-36(43)39-31-30-38-35-21-9-12-26-42(35)55(47(38)48(39)56)33-18-5-2-6-19-33/h1-31,51H,(H,52,53,54).